The molecule has 5 heteroatoms. The van der Waals surface area contributed by atoms with Crippen LogP contribution in [0.5, 0.6) is 17.4 Å². The molecule has 0 spiro atoms. The van der Waals surface area contributed by atoms with Crippen molar-refractivity contribution in [3.05, 3.63) is 156 Å². The highest BCUT2D eigenvalue weighted by molar-refractivity contribution is 5.97. The molecule has 5 nitrogen and oxygen atoms in total. The van der Waals surface area contributed by atoms with Crippen LogP contribution in [-0.4, -0.2) is 28.1 Å². The zero-order valence-corrected chi connectivity index (χ0v) is 24.6. The van der Waals surface area contributed by atoms with Crippen molar-refractivity contribution in [1.82, 2.24) is 4.98 Å². The maximum absolute atomic E-state index is 10.5. The number of benzene rings is 5. The van der Waals surface area contributed by atoms with E-state index < -0.39 is 5.54 Å². The fraction of sp³-hybridized carbons (Fsp3) is 0.128. The molecule has 0 saturated heterocycles. The first-order valence-electron chi connectivity index (χ1n) is 14.8. The van der Waals surface area contributed by atoms with Gasteiger partial charge in [0.15, 0.2) is 0 Å². The molecule has 0 aliphatic carbocycles. The van der Waals surface area contributed by atoms with Crippen molar-refractivity contribution in [2.75, 3.05) is 6.61 Å². The summed E-state index contributed by atoms with van der Waals surface area (Å²) in [5.74, 6) is 1.70. The molecule has 0 radical (unpaired) electrons. The van der Waals surface area contributed by atoms with Gasteiger partial charge in [0.05, 0.1) is 0 Å². The minimum absolute atomic E-state index is 0.00791. The van der Waals surface area contributed by atoms with Crippen LogP contribution in [0.4, 0.5) is 0 Å². The van der Waals surface area contributed by atoms with Gasteiger partial charge in [-0.1, -0.05) is 91.0 Å². The van der Waals surface area contributed by atoms with E-state index in [-0.39, 0.29) is 11.7 Å². The molecule has 0 fully saturated rings. The fourth-order valence-corrected chi connectivity index (χ4v) is 6.11. The Morgan fingerprint density at radius 1 is 0.727 bits per heavy atom. The lowest BCUT2D eigenvalue weighted by atomic mass is 9.77. The van der Waals surface area contributed by atoms with E-state index >= 15 is 0 Å². The number of rotatable bonds is 7. The fourth-order valence-electron chi connectivity index (χ4n) is 6.11. The summed E-state index contributed by atoms with van der Waals surface area (Å²) >= 11 is 0. The van der Waals surface area contributed by atoms with Gasteiger partial charge in [-0.3, -0.25) is 0 Å². The molecule has 216 valence electrons. The minimum Gasteiger partial charge on any atom is -0.506 e. The molecule has 1 N–H and O–H groups in total. The second kappa shape index (κ2) is 11.3. The van der Waals surface area contributed by atoms with Crippen molar-refractivity contribution in [3.63, 3.8) is 0 Å². The first kappa shape index (κ1) is 27.4. The lowest BCUT2D eigenvalue weighted by Crippen LogP contribution is -2.33. The van der Waals surface area contributed by atoms with E-state index in [4.69, 9.17) is 14.5 Å². The molecule has 7 rings (SSSR count). The zero-order valence-electron chi connectivity index (χ0n) is 24.6. The number of hydrogen-bond acceptors (Lipinski definition) is 5. The topological polar surface area (TPSA) is 63.9 Å². The monoisotopic (exact) mass is 576 g/mol. The lowest BCUT2D eigenvalue weighted by Gasteiger charge is -2.30. The van der Waals surface area contributed by atoms with Crippen LogP contribution in [0.25, 0.3) is 22.0 Å². The van der Waals surface area contributed by atoms with Crippen LogP contribution in [0.3, 0.4) is 0 Å². The Hall–Kier alpha value is -5.42. The number of phenols is 1. The highest BCUT2D eigenvalue weighted by atomic mass is 16.5. The number of pyridine rings is 1. The van der Waals surface area contributed by atoms with Gasteiger partial charge in [-0.15, -0.1) is 0 Å². The van der Waals surface area contributed by atoms with Gasteiger partial charge in [-0.05, 0) is 78.1 Å². The summed E-state index contributed by atoms with van der Waals surface area (Å²) in [6.07, 6.45) is 0. The molecule has 1 atom stereocenters. The molecule has 5 aromatic carbocycles. The second-order valence-electron chi connectivity index (χ2n) is 11.5. The normalized spacial score (nSPS) is 16.1. The third kappa shape index (κ3) is 5.40. The average molecular weight is 577 g/mol. The van der Waals surface area contributed by atoms with Gasteiger partial charge in [0.2, 0.25) is 11.8 Å². The van der Waals surface area contributed by atoms with E-state index in [0.29, 0.717) is 29.7 Å². The van der Waals surface area contributed by atoms with Gasteiger partial charge < -0.3 is 14.6 Å². The molecule has 6 aromatic rings. The molecule has 44 heavy (non-hydrogen) atoms. The van der Waals surface area contributed by atoms with Crippen LogP contribution in [0.2, 0.25) is 0 Å². The first-order valence-corrected chi connectivity index (χ1v) is 14.8. The Labute approximate surface area is 257 Å². The number of phenolic OH excluding ortho intramolecular Hbond substituents is 1. The maximum atomic E-state index is 10.5. The maximum Gasteiger partial charge on any atom is 0.219 e. The summed E-state index contributed by atoms with van der Waals surface area (Å²) in [6.45, 7) is 4.55. The van der Waals surface area contributed by atoms with Crippen LogP contribution in [0.15, 0.2) is 138 Å². The largest absolute Gasteiger partial charge is 0.506 e. The van der Waals surface area contributed by atoms with Crippen molar-refractivity contribution in [1.29, 1.82) is 0 Å². The molecule has 0 saturated carbocycles. The third-order valence-electron chi connectivity index (χ3n) is 8.12. The van der Waals surface area contributed by atoms with Gasteiger partial charge >= 0.3 is 0 Å². The van der Waals surface area contributed by atoms with E-state index in [1.807, 2.05) is 67.6 Å². The number of nitrogens with zero attached hydrogens (tertiary/aromatic N) is 2. The Morgan fingerprint density at radius 3 is 2.05 bits per heavy atom. The Bertz CT molecular complexity index is 1930. The number of hydrogen-bond donors (Lipinski definition) is 1. The van der Waals surface area contributed by atoms with Gasteiger partial charge in [-0.25, -0.2) is 9.98 Å². The number of aromatic hydroxyl groups is 1. The highest BCUT2D eigenvalue weighted by Crippen LogP contribution is 2.41. The number of aromatic nitrogens is 1. The van der Waals surface area contributed by atoms with Gasteiger partial charge in [-0.2, -0.15) is 0 Å². The van der Waals surface area contributed by atoms with Crippen LogP contribution < -0.4 is 4.74 Å². The van der Waals surface area contributed by atoms with E-state index in [1.165, 1.54) is 11.1 Å². The predicted molar refractivity (Wildman–Crippen MR) is 176 cm³/mol. The molecule has 1 aliphatic heterocycles. The molecule has 0 amide bonds. The van der Waals surface area contributed by atoms with Gasteiger partial charge in [0.1, 0.15) is 29.2 Å². The summed E-state index contributed by atoms with van der Waals surface area (Å²) in [7, 11) is 0. The summed E-state index contributed by atoms with van der Waals surface area (Å²) in [4.78, 5) is 9.90. The Morgan fingerprint density at radius 2 is 1.36 bits per heavy atom. The predicted octanol–water partition coefficient (Wildman–Crippen LogP) is 9.08. The average Bonchev–Trinajstić information content (AvgIpc) is 3.45. The van der Waals surface area contributed by atoms with Crippen LogP contribution in [0.1, 0.15) is 35.1 Å². The summed E-state index contributed by atoms with van der Waals surface area (Å²) in [5, 5.41) is 11.4. The lowest BCUT2D eigenvalue weighted by molar-refractivity contribution is 0.252. The molecule has 0 unspecified atom stereocenters. The molecule has 2 heterocycles. The standard InChI is InChI=1S/C39H32N2O3/c1-26-20-30-18-19-35(40-37(30)34(42)21-26)44-33-23-31(27-12-6-3-7-13-27)22-32(24-33)38-41-39(2,25-43-38)36(28-14-8-4-9-15-28)29-16-10-5-11-17-29/h3-24,36,42H,25H2,1-2H3/t39-/m1/s1. The highest BCUT2D eigenvalue weighted by Gasteiger charge is 2.42. The number of fused-ring (bicyclic) bond motifs is 1. The van der Waals surface area contributed by atoms with E-state index in [2.05, 4.69) is 78.6 Å². The van der Waals surface area contributed by atoms with Crippen LogP contribution in [0, 0.1) is 6.92 Å². The van der Waals surface area contributed by atoms with Gasteiger partial charge in [0.25, 0.3) is 0 Å². The minimum atomic E-state index is -0.530. The van der Waals surface area contributed by atoms with E-state index in [0.717, 1.165) is 27.6 Å². The zero-order chi connectivity index (χ0) is 30.1. The van der Waals surface area contributed by atoms with E-state index in [1.54, 1.807) is 6.07 Å². The SMILES string of the molecule is Cc1cc(O)c2nc(Oc3cc(C4=N[C@@](C)(C(c5ccccc5)c5ccccc5)CO4)cc(-c4ccccc4)c3)ccc2c1. The van der Waals surface area contributed by atoms with Crippen LogP contribution >= 0.6 is 0 Å². The quantitative estimate of drug-likeness (QED) is 0.206. The summed E-state index contributed by atoms with van der Waals surface area (Å²) in [5.41, 5.74) is 6.17. The molecule has 1 aromatic heterocycles. The second-order valence-corrected chi connectivity index (χ2v) is 11.5. The summed E-state index contributed by atoms with van der Waals surface area (Å²) < 4.78 is 12.7. The van der Waals surface area contributed by atoms with Crippen molar-refractivity contribution in [2.24, 2.45) is 4.99 Å². The van der Waals surface area contributed by atoms with Crippen molar-refractivity contribution < 1.29 is 14.6 Å². The third-order valence-corrected chi connectivity index (χ3v) is 8.12. The molecule has 1 aliphatic rings. The first-order chi connectivity index (χ1) is 21.4. The number of aryl methyl sites for hydroxylation is 1. The van der Waals surface area contributed by atoms with Crippen LogP contribution in [-0.2, 0) is 4.74 Å². The van der Waals surface area contributed by atoms with Crippen molar-refractivity contribution in [3.8, 4) is 28.5 Å². The van der Waals surface area contributed by atoms with E-state index in [9.17, 15) is 5.11 Å². The molecular formula is C39H32N2O3. The molecular weight excluding hydrogens is 544 g/mol. The number of aliphatic imine (C=N–C) groups is 1. The van der Waals surface area contributed by atoms with Gasteiger partial charge in [0, 0.05) is 22.9 Å². The van der Waals surface area contributed by atoms with Crippen molar-refractivity contribution >= 4 is 16.8 Å². The Balaban J connectivity index is 1.30. The Kier molecular flexibility index (Phi) is 7.07. The smallest absolute Gasteiger partial charge is 0.219 e. The van der Waals surface area contributed by atoms with Crippen molar-refractivity contribution in [2.45, 2.75) is 25.3 Å². The molecule has 0 bridgehead atoms. The number of ether oxygens (including phenoxy) is 2. The summed E-state index contributed by atoms with van der Waals surface area (Å²) in [6, 6.07) is 44.6.